The topological polar surface area (TPSA) is 29.1 Å². The third-order valence-electron chi connectivity index (χ3n) is 4.21. The minimum Gasteiger partial charge on any atom is -0.325 e. The van der Waals surface area contributed by atoms with Gasteiger partial charge in [-0.15, -0.1) is 0 Å². The first-order chi connectivity index (χ1) is 9.46. The summed E-state index contributed by atoms with van der Waals surface area (Å²) in [7, 11) is 0. The number of nitrogens with one attached hydrogen (secondary N) is 1. The molecule has 110 valence electrons. The van der Waals surface area contributed by atoms with Crippen molar-refractivity contribution in [1.29, 1.82) is 0 Å². The van der Waals surface area contributed by atoms with Crippen LogP contribution in [-0.2, 0) is 10.2 Å². The van der Waals surface area contributed by atoms with Gasteiger partial charge in [0.2, 0.25) is 5.91 Å². The summed E-state index contributed by atoms with van der Waals surface area (Å²) < 4.78 is 0. The van der Waals surface area contributed by atoms with Gasteiger partial charge >= 0.3 is 0 Å². The summed E-state index contributed by atoms with van der Waals surface area (Å²) in [5.74, 6) is 0.0960. The van der Waals surface area contributed by atoms with Gasteiger partial charge in [0.05, 0.1) is 5.41 Å². The minimum absolute atomic E-state index is 0.0960. The fraction of sp³-hybridized carbons (Fsp3) is 0.588. The van der Waals surface area contributed by atoms with E-state index in [1.165, 1.54) is 31.2 Å². The molecule has 0 radical (unpaired) electrons. The number of hydrogen-bond acceptors (Lipinski definition) is 1. The normalized spacial score (nSPS) is 17.7. The fourth-order valence-electron chi connectivity index (χ4n) is 2.70. The summed E-state index contributed by atoms with van der Waals surface area (Å²) >= 11 is 3.79. The van der Waals surface area contributed by atoms with Gasteiger partial charge in [0.15, 0.2) is 0 Å². The van der Waals surface area contributed by atoms with Crippen LogP contribution in [0.2, 0.25) is 0 Å². The number of alkyl halides is 1. The molecule has 0 spiro atoms. The van der Waals surface area contributed by atoms with Gasteiger partial charge in [-0.1, -0.05) is 60.7 Å². The molecule has 0 saturated carbocycles. The Labute approximate surface area is 130 Å². The maximum atomic E-state index is 12.0. The van der Waals surface area contributed by atoms with Crippen molar-refractivity contribution in [1.82, 2.24) is 0 Å². The van der Waals surface area contributed by atoms with Crippen LogP contribution in [0.1, 0.15) is 68.8 Å². The number of halogens is 1. The van der Waals surface area contributed by atoms with Gasteiger partial charge in [0, 0.05) is 10.5 Å². The molecule has 3 heteroatoms. The highest BCUT2D eigenvalue weighted by Gasteiger charge is 2.38. The molecule has 2 nitrogen and oxygen atoms in total. The van der Waals surface area contributed by atoms with Gasteiger partial charge in [0.25, 0.3) is 0 Å². The Balaban J connectivity index is 2.08. The van der Waals surface area contributed by atoms with Crippen molar-refractivity contribution < 1.29 is 4.79 Å². The molecule has 20 heavy (non-hydrogen) atoms. The Morgan fingerprint density at radius 3 is 2.70 bits per heavy atom. The highest BCUT2D eigenvalue weighted by molar-refractivity contribution is 9.09. The molecular formula is C17H24BrNO. The van der Waals surface area contributed by atoms with Crippen LogP contribution in [0, 0.1) is 0 Å². The number of carbonyl (C=O) groups is 1. The van der Waals surface area contributed by atoms with E-state index in [9.17, 15) is 4.79 Å². The van der Waals surface area contributed by atoms with Crippen molar-refractivity contribution in [2.45, 2.75) is 63.1 Å². The van der Waals surface area contributed by atoms with Crippen LogP contribution in [0.5, 0.6) is 0 Å². The van der Waals surface area contributed by atoms with E-state index >= 15 is 0 Å². The summed E-state index contributed by atoms with van der Waals surface area (Å²) in [5.41, 5.74) is 2.96. The average molecular weight is 338 g/mol. The maximum absolute atomic E-state index is 12.0. The molecular weight excluding hydrogens is 314 g/mol. The van der Waals surface area contributed by atoms with Gasteiger partial charge in [-0.05, 0) is 37.5 Å². The lowest BCUT2D eigenvalue weighted by Crippen LogP contribution is -2.26. The molecule has 2 rings (SSSR count). The zero-order valence-corrected chi connectivity index (χ0v) is 14.2. The SMILES string of the molecule is CCCCCCC(Br)c1ccc2c(c1)C(C)(C)C(=O)N2. The van der Waals surface area contributed by atoms with Crippen molar-refractivity contribution in [3.05, 3.63) is 29.3 Å². The average Bonchev–Trinajstić information content (AvgIpc) is 2.65. The number of fused-ring (bicyclic) bond motifs is 1. The second-order valence-electron chi connectivity index (χ2n) is 6.20. The van der Waals surface area contributed by atoms with Crippen LogP contribution in [0.15, 0.2) is 18.2 Å². The third kappa shape index (κ3) is 3.08. The van der Waals surface area contributed by atoms with E-state index in [1.807, 2.05) is 19.9 Å². The van der Waals surface area contributed by atoms with Crippen LogP contribution < -0.4 is 5.32 Å². The Bertz CT molecular complexity index is 496. The fourth-order valence-corrected chi connectivity index (χ4v) is 3.31. The molecule has 1 N–H and O–H groups in total. The van der Waals surface area contributed by atoms with Gasteiger partial charge in [-0.25, -0.2) is 0 Å². The molecule has 1 atom stereocenters. The first-order valence-electron chi connectivity index (χ1n) is 7.56. The summed E-state index contributed by atoms with van der Waals surface area (Å²) in [6.45, 7) is 6.21. The lowest BCUT2D eigenvalue weighted by molar-refractivity contribution is -0.119. The predicted octanol–water partition coefficient (Wildman–Crippen LogP) is 5.32. The minimum atomic E-state index is -0.416. The summed E-state index contributed by atoms with van der Waals surface area (Å²) in [5, 5.41) is 2.96. The van der Waals surface area contributed by atoms with Crippen LogP contribution in [0.25, 0.3) is 0 Å². The van der Waals surface area contributed by atoms with Crippen LogP contribution in [0.3, 0.4) is 0 Å². The molecule has 1 unspecified atom stereocenters. The Hall–Kier alpha value is -0.830. The maximum Gasteiger partial charge on any atom is 0.234 e. The zero-order valence-electron chi connectivity index (χ0n) is 12.6. The lowest BCUT2D eigenvalue weighted by atomic mass is 9.85. The second kappa shape index (κ2) is 6.30. The van der Waals surface area contributed by atoms with E-state index in [-0.39, 0.29) is 5.91 Å². The van der Waals surface area contributed by atoms with Gasteiger partial charge < -0.3 is 5.32 Å². The molecule has 1 amide bonds. The van der Waals surface area contributed by atoms with Crippen molar-refractivity contribution in [2.75, 3.05) is 5.32 Å². The standard InChI is InChI=1S/C17H24BrNO/c1-4-5-6-7-8-14(18)12-9-10-15-13(11-12)17(2,3)16(20)19-15/h9-11,14H,4-8H2,1-3H3,(H,19,20). The number of unbranched alkanes of at least 4 members (excludes halogenated alkanes) is 3. The van der Waals surface area contributed by atoms with Gasteiger partial charge in [-0.2, -0.15) is 0 Å². The van der Waals surface area contributed by atoms with E-state index in [4.69, 9.17) is 0 Å². The molecule has 0 fully saturated rings. The Kier molecular flexibility index (Phi) is 4.90. The van der Waals surface area contributed by atoms with Crippen LogP contribution >= 0.6 is 15.9 Å². The number of carbonyl (C=O) groups excluding carboxylic acids is 1. The van der Waals surface area contributed by atoms with E-state index in [0.717, 1.165) is 17.7 Å². The first-order valence-corrected chi connectivity index (χ1v) is 8.48. The number of hydrogen-bond donors (Lipinski definition) is 1. The molecule has 1 aromatic rings. The number of amides is 1. The zero-order chi connectivity index (χ0) is 14.8. The third-order valence-corrected chi connectivity index (χ3v) is 5.19. The monoisotopic (exact) mass is 337 g/mol. The highest BCUT2D eigenvalue weighted by atomic mass is 79.9. The van der Waals surface area contributed by atoms with Crippen molar-refractivity contribution >= 4 is 27.5 Å². The molecule has 1 aliphatic heterocycles. The molecule has 1 aliphatic rings. The largest absolute Gasteiger partial charge is 0.325 e. The number of anilines is 1. The predicted molar refractivity (Wildman–Crippen MR) is 88.5 cm³/mol. The molecule has 1 heterocycles. The summed E-state index contributed by atoms with van der Waals surface area (Å²) in [6, 6.07) is 6.35. The van der Waals surface area contributed by atoms with Crippen LogP contribution in [0.4, 0.5) is 5.69 Å². The molecule has 0 bridgehead atoms. The summed E-state index contributed by atoms with van der Waals surface area (Å²) in [6.07, 6.45) is 6.29. The number of rotatable bonds is 6. The van der Waals surface area contributed by atoms with Crippen molar-refractivity contribution in [3.63, 3.8) is 0 Å². The van der Waals surface area contributed by atoms with Crippen LogP contribution in [-0.4, -0.2) is 5.91 Å². The van der Waals surface area contributed by atoms with E-state index < -0.39 is 5.41 Å². The second-order valence-corrected chi connectivity index (χ2v) is 7.31. The molecule has 0 aromatic heterocycles. The van der Waals surface area contributed by atoms with Gasteiger partial charge in [0.1, 0.15) is 0 Å². The van der Waals surface area contributed by atoms with E-state index in [2.05, 4.69) is 40.3 Å². The van der Waals surface area contributed by atoms with E-state index in [1.54, 1.807) is 0 Å². The first kappa shape index (κ1) is 15.6. The van der Waals surface area contributed by atoms with Gasteiger partial charge in [-0.3, -0.25) is 4.79 Å². The molecule has 0 saturated heterocycles. The lowest BCUT2D eigenvalue weighted by Gasteiger charge is -2.17. The van der Waals surface area contributed by atoms with Crippen molar-refractivity contribution in [3.8, 4) is 0 Å². The quantitative estimate of drug-likeness (QED) is 0.552. The van der Waals surface area contributed by atoms with Crippen molar-refractivity contribution in [2.24, 2.45) is 0 Å². The molecule has 1 aromatic carbocycles. The highest BCUT2D eigenvalue weighted by Crippen LogP contribution is 2.40. The Morgan fingerprint density at radius 2 is 2.00 bits per heavy atom. The summed E-state index contributed by atoms with van der Waals surface area (Å²) in [4.78, 5) is 12.3. The number of benzene rings is 1. The van der Waals surface area contributed by atoms with E-state index in [0.29, 0.717) is 4.83 Å². The smallest absolute Gasteiger partial charge is 0.234 e. The molecule has 0 aliphatic carbocycles. The Morgan fingerprint density at radius 1 is 1.25 bits per heavy atom.